The van der Waals surface area contributed by atoms with Gasteiger partial charge in [0.1, 0.15) is 0 Å². The molecular formula is C11H15F3N2. The van der Waals surface area contributed by atoms with E-state index >= 15 is 0 Å². The van der Waals surface area contributed by atoms with Crippen molar-refractivity contribution in [1.29, 1.82) is 0 Å². The van der Waals surface area contributed by atoms with Gasteiger partial charge in [0.2, 0.25) is 0 Å². The Hall–Kier alpha value is -1.10. The first-order valence-electron chi connectivity index (χ1n) is 5.02. The van der Waals surface area contributed by atoms with E-state index in [1.165, 1.54) is 12.3 Å². The van der Waals surface area contributed by atoms with E-state index in [0.717, 1.165) is 6.07 Å². The molecule has 0 aliphatic heterocycles. The van der Waals surface area contributed by atoms with E-state index < -0.39 is 17.2 Å². The van der Waals surface area contributed by atoms with Gasteiger partial charge in [-0.25, -0.2) is 0 Å². The second-order valence-electron chi connectivity index (χ2n) is 4.32. The molecule has 0 fully saturated rings. The number of hydrogen-bond acceptors (Lipinski definition) is 2. The number of nitrogens with zero attached hydrogens (tertiary/aromatic N) is 1. The third-order valence-electron chi connectivity index (χ3n) is 2.52. The Morgan fingerprint density at radius 1 is 1.31 bits per heavy atom. The monoisotopic (exact) mass is 232 g/mol. The Labute approximate surface area is 92.7 Å². The quantitative estimate of drug-likeness (QED) is 0.870. The molecule has 0 spiro atoms. The molecule has 1 aromatic rings. The molecule has 0 atom stereocenters. The molecule has 0 saturated carbocycles. The van der Waals surface area contributed by atoms with Gasteiger partial charge in [-0.2, -0.15) is 13.2 Å². The summed E-state index contributed by atoms with van der Waals surface area (Å²) in [6.45, 7) is 3.77. The molecule has 1 rings (SSSR count). The molecule has 0 aliphatic carbocycles. The maximum Gasteiger partial charge on any atom is 0.418 e. The van der Waals surface area contributed by atoms with E-state index in [1.54, 1.807) is 13.8 Å². The van der Waals surface area contributed by atoms with Crippen molar-refractivity contribution in [3.05, 3.63) is 29.6 Å². The highest BCUT2D eigenvalue weighted by atomic mass is 19.4. The van der Waals surface area contributed by atoms with Gasteiger partial charge in [-0.05, 0) is 25.1 Å². The number of aromatic nitrogens is 1. The molecule has 1 aromatic heterocycles. The van der Waals surface area contributed by atoms with Crippen molar-refractivity contribution in [2.45, 2.75) is 31.9 Å². The Kier molecular flexibility index (Phi) is 3.57. The summed E-state index contributed by atoms with van der Waals surface area (Å²) in [4.78, 5) is 3.86. The van der Waals surface area contributed by atoms with Crippen molar-refractivity contribution in [2.24, 2.45) is 5.73 Å². The number of pyridine rings is 1. The summed E-state index contributed by atoms with van der Waals surface area (Å²) in [6, 6.07) is 2.35. The predicted octanol–water partition coefficient (Wildman–Crippen LogP) is 2.73. The van der Waals surface area contributed by atoms with Crippen LogP contribution >= 0.6 is 0 Å². The SMILES string of the molecule is CC(C)(CCN)c1ncccc1C(F)(F)F. The Morgan fingerprint density at radius 2 is 1.94 bits per heavy atom. The number of rotatable bonds is 3. The molecule has 2 nitrogen and oxygen atoms in total. The minimum absolute atomic E-state index is 0.0629. The molecule has 0 aliphatic rings. The standard InChI is InChI=1S/C11H15F3N2/c1-10(2,5-6-15)9-8(11(12,13)14)4-3-7-16-9/h3-4,7H,5-6,15H2,1-2H3. The number of nitrogens with two attached hydrogens (primary N) is 1. The fourth-order valence-corrected chi connectivity index (χ4v) is 1.65. The van der Waals surface area contributed by atoms with Crippen LogP contribution in [0.25, 0.3) is 0 Å². The summed E-state index contributed by atoms with van der Waals surface area (Å²) in [5.41, 5.74) is 4.13. The predicted molar refractivity (Wildman–Crippen MR) is 55.9 cm³/mol. The zero-order chi connectivity index (χ0) is 12.4. The van der Waals surface area contributed by atoms with Crippen LogP contribution in [0.4, 0.5) is 13.2 Å². The molecule has 0 radical (unpaired) electrons. The normalized spacial score (nSPS) is 12.9. The van der Waals surface area contributed by atoms with Gasteiger partial charge in [0.05, 0.1) is 11.3 Å². The van der Waals surface area contributed by atoms with Crippen LogP contribution in [-0.4, -0.2) is 11.5 Å². The molecule has 16 heavy (non-hydrogen) atoms. The average Bonchev–Trinajstić information content (AvgIpc) is 2.16. The zero-order valence-electron chi connectivity index (χ0n) is 9.30. The highest BCUT2D eigenvalue weighted by Gasteiger charge is 2.38. The summed E-state index contributed by atoms with van der Waals surface area (Å²) in [5.74, 6) is 0. The van der Waals surface area contributed by atoms with Gasteiger partial charge in [0.25, 0.3) is 0 Å². The fraction of sp³-hybridized carbons (Fsp3) is 0.545. The van der Waals surface area contributed by atoms with Crippen LogP contribution in [0.2, 0.25) is 0 Å². The van der Waals surface area contributed by atoms with Crippen molar-refractivity contribution >= 4 is 0 Å². The van der Waals surface area contributed by atoms with Crippen molar-refractivity contribution in [1.82, 2.24) is 4.98 Å². The summed E-state index contributed by atoms with van der Waals surface area (Å²) in [6.07, 6.45) is -2.52. The molecule has 5 heteroatoms. The lowest BCUT2D eigenvalue weighted by Crippen LogP contribution is -2.27. The highest BCUT2D eigenvalue weighted by molar-refractivity contribution is 5.29. The third-order valence-corrected chi connectivity index (χ3v) is 2.52. The van der Waals surface area contributed by atoms with Crippen LogP contribution in [-0.2, 0) is 11.6 Å². The molecular weight excluding hydrogens is 217 g/mol. The number of alkyl halides is 3. The topological polar surface area (TPSA) is 38.9 Å². The summed E-state index contributed by atoms with van der Waals surface area (Å²) in [5, 5.41) is 0. The number of halogens is 3. The lowest BCUT2D eigenvalue weighted by molar-refractivity contribution is -0.139. The first-order chi connectivity index (χ1) is 7.29. The van der Waals surface area contributed by atoms with E-state index in [9.17, 15) is 13.2 Å². The van der Waals surface area contributed by atoms with Gasteiger partial charge in [0, 0.05) is 11.6 Å². The number of hydrogen-bond donors (Lipinski definition) is 1. The smallest absolute Gasteiger partial charge is 0.330 e. The molecule has 90 valence electrons. The first kappa shape index (κ1) is 13.0. The minimum Gasteiger partial charge on any atom is -0.330 e. The largest absolute Gasteiger partial charge is 0.418 e. The maximum absolute atomic E-state index is 12.7. The van der Waals surface area contributed by atoms with E-state index in [1.807, 2.05) is 0 Å². The van der Waals surface area contributed by atoms with Gasteiger partial charge in [0.15, 0.2) is 0 Å². The van der Waals surface area contributed by atoms with Crippen LogP contribution < -0.4 is 5.73 Å². The summed E-state index contributed by atoms with van der Waals surface area (Å²) in [7, 11) is 0. The van der Waals surface area contributed by atoms with E-state index in [-0.39, 0.29) is 5.69 Å². The van der Waals surface area contributed by atoms with Gasteiger partial charge < -0.3 is 5.73 Å². The van der Waals surface area contributed by atoms with Crippen LogP contribution in [0.1, 0.15) is 31.5 Å². The second-order valence-corrected chi connectivity index (χ2v) is 4.32. The van der Waals surface area contributed by atoms with Crippen LogP contribution in [0, 0.1) is 0 Å². The molecule has 2 N–H and O–H groups in total. The molecule has 0 aromatic carbocycles. The van der Waals surface area contributed by atoms with Crippen LogP contribution in [0.3, 0.4) is 0 Å². The van der Waals surface area contributed by atoms with Crippen molar-refractivity contribution in [2.75, 3.05) is 6.54 Å². The lowest BCUT2D eigenvalue weighted by atomic mass is 9.82. The summed E-state index contributed by atoms with van der Waals surface area (Å²) < 4.78 is 38.2. The Balaban J connectivity index is 3.23. The molecule has 0 amide bonds. The lowest BCUT2D eigenvalue weighted by Gasteiger charge is -2.26. The van der Waals surface area contributed by atoms with E-state index in [4.69, 9.17) is 5.73 Å². The molecule has 1 heterocycles. The van der Waals surface area contributed by atoms with E-state index in [0.29, 0.717) is 13.0 Å². The Morgan fingerprint density at radius 3 is 2.44 bits per heavy atom. The third kappa shape index (κ3) is 2.72. The molecule has 0 unspecified atom stereocenters. The first-order valence-corrected chi connectivity index (χ1v) is 5.02. The van der Waals surface area contributed by atoms with Crippen LogP contribution in [0.15, 0.2) is 18.3 Å². The van der Waals surface area contributed by atoms with Gasteiger partial charge in [-0.3, -0.25) is 4.98 Å². The minimum atomic E-state index is -4.37. The Bertz CT molecular complexity index is 358. The van der Waals surface area contributed by atoms with Crippen LogP contribution in [0.5, 0.6) is 0 Å². The van der Waals surface area contributed by atoms with Gasteiger partial charge in [-0.15, -0.1) is 0 Å². The molecule has 0 saturated heterocycles. The molecule has 0 bridgehead atoms. The second kappa shape index (κ2) is 4.41. The van der Waals surface area contributed by atoms with Crippen molar-refractivity contribution < 1.29 is 13.2 Å². The van der Waals surface area contributed by atoms with Crippen molar-refractivity contribution in [3.8, 4) is 0 Å². The maximum atomic E-state index is 12.7. The van der Waals surface area contributed by atoms with Crippen molar-refractivity contribution in [3.63, 3.8) is 0 Å². The highest BCUT2D eigenvalue weighted by Crippen LogP contribution is 2.37. The fourth-order valence-electron chi connectivity index (χ4n) is 1.65. The van der Waals surface area contributed by atoms with Gasteiger partial charge >= 0.3 is 6.18 Å². The summed E-state index contributed by atoms with van der Waals surface area (Å²) >= 11 is 0. The van der Waals surface area contributed by atoms with E-state index in [2.05, 4.69) is 4.98 Å². The zero-order valence-corrected chi connectivity index (χ0v) is 9.30. The van der Waals surface area contributed by atoms with Gasteiger partial charge in [-0.1, -0.05) is 13.8 Å². The average molecular weight is 232 g/mol.